The maximum Gasteiger partial charge on any atom is 0.186 e. The number of nitrogens with zero attached hydrogens (tertiary/aromatic N) is 3. The summed E-state index contributed by atoms with van der Waals surface area (Å²) in [4.78, 5) is 16.1. The summed E-state index contributed by atoms with van der Waals surface area (Å²) in [5.74, 6) is -0.855. The van der Waals surface area contributed by atoms with Gasteiger partial charge in [-0.3, -0.25) is 4.79 Å². The number of Topliss-reactive ketones (excluding diaryl/α,β-unsaturated/α-hetero) is 1. The highest BCUT2D eigenvalue weighted by Crippen LogP contribution is 2.56. The van der Waals surface area contributed by atoms with Crippen LogP contribution < -0.4 is 4.90 Å². The second-order valence-electron chi connectivity index (χ2n) is 8.05. The second-order valence-corrected chi connectivity index (χ2v) is 9.30. The van der Waals surface area contributed by atoms with Crippen molar-refractivity contribution in [1.29, 1.82) is 10.5 Å². The molecule has 3 aromatic carbocycles. The van der Waals surface area contributed by atoms with E-state index >= 15 is 0 Å². The van der Waals surface area contributed by atoms with Gasteiger partial charge in [-0.2, -0.15) is 10.5 Å². The van der Waals surface area contributed by atoms with E-state index in [-0.39, 0.29) is 5.78 Å². The lowest BCUT2D eigenvalue weighted by Gasteiger charge is -2.36. The van der Waals surface area contributed by atoms with Crippen LogP contribution in [-0.2, 0) is 0 Å². The van der Waals surface area contributed by atoms with Crippen LogP contribution in [0.4, 0.5) is 5.69 Å². The smallest absolute Gasteiger partial charge is 0.186 e. The lowest BCUT2D eigenvalue weighted by Crippen LogP contribution is -2.45. The molecule has 1 fully saturated rings. The molecule has 0 amide bonds. The van der Waals surface area contributed by atoms with Gasteiger partial charge >= 0.3 is 0 Å². The van der Waals surface area contributed by atoms with Gasteiger partial charge in [-0.15, -0.1) is 0 Å². The Morgan fingerprint density at radius 3 is 2.31 bits per heavy atom. The van der Waals surface area contributed by atoms with E-state index in [1.54, 1.807) is 24.3 Å². The zero-order chi connectivity index (χ0) is 22.3. The monoisotopic (exact) mass is 527 g/mol. The zero-order valence-electron chi connectivity index (χ0n) is 17.0. The van der Waals surface area contributed by atoms with Crippen LogP contribution in [0.2, 0.25) is 0 Å². The zero-order valence-corrected chi connectivity index (χ0v) is 19.2. The number of benzene rings is 3. The first-order chi connectivity index (χ1) is 15.6. The number of halogens is 1. The number of hydrogen-bond donors (Lipinski definition) is 0. The first kappa shape index (κ1) is 20.5. The lowest BCUT2D eigenvalue weighted by molar-refractivity contribution is 0.0842. The molecule has 2 aliphatic rings. The van der Waals surface area contributed by atoms with Crippen LogP contribution in [0.25, 0.3) is 6.08 Å². The summed E-state index contributed by atoms with van der Waals surface area (Å²) in [5.41, 5.74) is 1.72. The Hall–Kier alpha value is -3.42. The van der Waals surface area contributed by atoms with Crippen molar-refractivity contribution >= 4 is 40.1 Å². The number of ketones is 1. The third-order valence-electron chi connectivity index (χ3n) is 6.49. The SMILES string of the molecule is N#C[C@@H]1[C@@H](c2ccccc2)[C@@](C#N)(C(=O)c2ccccc2)[C@@H]2C=Cc3cc(I)ccc3N12. The van der Waals surface area contributed by atoms with Crippen molar-refractivity contribution in [3.63, 3.8) is 0 Å². The van der Waals surface area contributed by atoms with Crippen LogP contribution in [0, 0.1) is 31.6 Å². The van der Waals surface area contributed by atoms with Gasteiger partial charge in [-0.05, 0) is 51.9 Å². The maximum absolute atomic E-state index is 14.1. The third kappa shape index (κ3) is 2.89. The molecule has 4 nitrogen and oxygen atoms in total. The Bertz CT molecular complexity index is 1310. The number of rotatable bonds is 3. The highest BCUT2D eigenvalue weighted by Gasteiger charge is 2.64. The third-order valence-corrected chi connectivity index (χ3v) is 7.16. The Labute approximate surface area is 200 Å². The van der Waals surface area contributed by atoms with Gasteiger partial charge in [0, 0.05) is 20.7 Å². The van der Waals surface area contributed by atoms with Gasteiger partial charge in [0.2, 0.25) is 0 Å². The van der Waals surface area contributed by atoms with Crippen molar-refractivity contribution in [2.24, 2.45) is 5.41 Å². The molecule has 0 aliphatic carbocycles. The molecule has 0 saturated carbocycles. The van der Waals surface area contributed by atoms with Crippen LogP contribution in [0.1, 0.15) is 27.4 Å². The van der Waals surface area contributed by atoms with Crippen molar-refractivity contribution in [3.8, 4) is 12.1 Å². The van der Waals surface area contributed by atoms with Crippen molar-refractivity contribution in [2.75, 3.05) is 4.90 Å². The standard InChI is InChI=1S/C27H18IN3O/c28-21-12-13-22-20(15-21)11-14-24-27(17-30,26(32)19-9-5-2-6-10-19)25(23(16-29)31(22)24)18-7-3-1-4-8-18/h1-15,23-25H/t23-,24+,25-,27+/m1/s1. The fraction of sp³-hybridized carbons (Fsp3) is 0.148. The molecule has 0 N–H and O–H groups in total. The quantitative estimate of drug-likeness (QED) is 0.330. The summed E-state index contributed by atoms with van der Waals surface area (Å²) in [6, 6.07) is 28.2. The summed E-state index contributed by atoms with van der Waals surface area (Å²) < 4.78 is 1.09. The van der Waals surface area contributed by atoms with Crippen molar-refractivity contribution < 1.29 is 4.79 Å². The molecular weight excluding hydrogens is 509 g/mol. The fourth-order valence-electron chi connectivity index (χ4n) is 5.15. The Kier molecular flexibility index (Phi) is 5.07. The number of hydrogen-bond acceptors (Lipinski definition) is 4. The molecule has 0 bridgehead atoms. The average Bonchev–Trinajstić information content (AvgIpc) is 3.15. The predicted octanol–water partition coefficient (Wildman–Crippen LogP) is 5.58. The van der Waals surface area contributed by atoms with E-state index in [2.05, 4.69) is 40.8 Å². The number of fused-ring (bicyclic) bond motifs is 3. The van der Waals surface area contributed by atoms with E-state index in [0.29, 0.717) is 5.56 Å². The molecule has 3 aromatic rings. The number of carbonyl (C=O) groups is 1. The Balaban J connectivity index is 1.79. The number of anilines is 1. The molecular formula is C27H18IN3O. The first-order valence-corrected chi connectivity index (χ1v) is 11.4. The Morgan fingerprint density at radius 2 is 1.66 bits per heavy atom. The molecule has 4 atom stereocenters. The minimum Gasteiger partial charge on any atom is -0.346 e. The van der Waals surface area contributed by atoms with Gasteiger partial charge in [-0.1, -0.05) is 72.8 Å². The van der Waals surface area contributed by atoms with Crippen LogP contribution in [0.5, 0.6) is 0 Å². The maximum atomic E-state index is 14.1. The van der Waals surface area contributed by atoms with E-state index in [1.807, 2.05) is 65.6 Å². The van der Waals surface area contributed by atoms with Gasteiger partial charge in [0.25, 0.3) is 0 Å². The molecule has 5 rings (SSSR count). The molecule has 2 heterocycles. The molecule has 154 valence electrons. The second kappa shape index (κ2) is 7.93. The fourth-order valence-corrected chi connectivity index (χ4v) is 5.67. The predicted molar refractivity (Wildman–Crippen MR) is 132 cm³/mol. The van der Waals surface area contributed by atoms with E-state index < -0.39 is 23.4 Å². The van der Waals surface area contributed by atoms with Crippen molar-refractivity contribution in [1.82, 2.24) is 0 Å². The van der Waals surface area contributed by atoms with Gasteiger partial charge in [0.1, 0.15) is 6.04 Å². The van der Waals surface area contributed by atoms with Crippen LogP contribution in [0.3, 0.4) is 0 Å². The van der Waals surface area contributed by atoms with Crippen LogP contribution in [-0.4, -0.2) is 17.9 Å². The topological polar surface area (TPSA) is 67.9 Å². The van der Waals surface area contributed by atoms with Gasteiger partial charge in [0.05, 0.1) is 18.2 Å². The highest BCUT2D eigenvalue weighted by atomic mass is 127. The normalized spacial score (nSPS) is 25.3. The first-order valence-electron chi connectivity index (χ1n) is 10.3. The van der Waals surface area contributed by atoms with Crippen molar-refractivity contribution in [2.45, 2.75) is 18.0 Å². The molecule has 32 heavy (non-hydrogen) atoms. The molecule has 5 heteroatoms. The molecule has 0 radical (unpaired) electrons. The summed E-state index contributed by atoms with van der Waals surface area (Å²) in [7, 11) is 0. The molecule has 0 aromatic heterocycles. The van der Waals surface area contributed by atoms with Crippen LogP contribution in [0.15, 0.2) is 84.9 Å². The van der Waals surface area contributed by atoms with Crippen LogP contribution >= 0.6 is 22.6 Å². The minimum atomic E-state index is -1.44. The minimum absolute atomic E-state index is 0.249. The summed E-state index contributed by atoms with van der Waals surface area (Å²) in [5, 5.41) is 21.0. The molecule has 0 unspecified atom stereocenters. The van der Waals surface area contributed by atoms with E-state index in [9.17, 15) is 15.3 Å². The number of nitriles is 2. The Morgan fingerprint density at radius 1 is 0.969 bits per heavy atom. The summed E-state index contributed by atoms with van der Waals surface area (Å²) in [6.07, 6.45) is 3.90. The largest absolute Gasteiger partial charge is 0.346 e. The molecule has 2 aliphatic heterocycles. The van der Waals surface area contributed by atoms with Crippen molar-refractivity contribution in [3.05, 3.63) is 105 Å². The van der Waals surface area contributed by atoms with E-state index in [1.165, 1.54) is 0 Å². The summed E-state index contributed by atoms with van der Waals surface area (Å²) in [6.45, 7) is 0. The van der Waals surface area contributed by atoms with Gasteiger partial charge in [-0.25, -0.2) is 0 Å². The van der Waals surface area contributed by atoms with E-state index in [4.69, 9.17) is 0 Å². The highest BCUT2D eigenvalue weighted by molar-refractivity contribution is 14.1. The van der Waals surface area contributed by atoms with E-state index in [0.717, 1.165) is 20.4 Å². The average molecular weight is 527 g/mol. The number of carbonyl (C=O) groups excluding carboxylic acids is 1. The summed E-state index contributed by atoms with van der Waals surface area (Å²) >= 11 is 2.26. The lowest BCUT2D eigenvalue weighted by atomic mass is 9.65. The molecule has 1 saturated heterocycles. The van der Waals surface area contributed by atoms with Gasteiger partial charge in [0.15, 0.2) is 11.2 Å². The van der Waals surface area contributed by atoms with Gasteiger partial charge < -0.3 is 4.90 Å². The molecule has 0 spiro atoms.